The lowest BCUT2D eigenvalue weighted by molar-refractivity contribution is -0.137. The van der Waals surface area contributed by atoms with Gasteiger partial charge in [-0.25, -0.2) is 13.1 Å². The van der Waals surface area contributed by atoms with E-state index in [1.54, 1.807) is 0 Å². The number of benzene rings is 2. The van der Waals surface area contributed by atoms with Crippen LogP contribution in [0, 0.1) is 0 Å². The summed E-state index contributed by atoms with van der Waals surface area (Å²) in [5, 5.41) is 0. The summed E-state index contributed by atoms with van der Waals surface area (Å²) >= 11 is 0. The van der Waals surface area contributed by atoms with E-state index in [0.29, 0.717) is 6.04 Å². The van der Waals surface area contributed by atoms with E-state index in [0.717, 1.165) is 68.6 Å². The predicted molar refractivity (Wildman–Crippen MR) is 115 cm³/mol. The van der Waals surface area contributed by atoms with E-state index in [-0.39, 0.29) is 11.4 Å². The summed E-state index contributed by atoms with van der Waals surface area (Å²) in [5.41, 5.74) is 2.51. The normalized spacial score (nSPS) is 16.6. The molecule has 0 heterocycles. The van der Waals surface area contributed by atoms with Crippen molar-refractivity contribution in [3.63, 3.8) is 0 Å². The molecule has 0 aromatic heterocycles. The van der Waals surface area contributed by atoms with Gasteiger partial charge in [0.05, 0.1) is 10.5 Å². The number of sulfonamides is 1. The van der Waals surface area contributed by atoms with Gasteiger partial charge in [0, 0.05) is 12.6 Å². The number of rotatable bonds is 9. The molecule has 0 aliphatic heterocycles. The third-order valence-corrected chi connectivity index (χ3v) is 7.10. The molecule has 0 saturated carbocycles. The lowest BCUT2D eigenvalue weighted by atomic mass is 10.1. The molecule has 0 fully saturated rings. The minimum Gasteiger partial charge on any atom is -0.300 e. The minimum absolute atomic E-state index is 0.0922. The van der Waals surface area contributed by atoms with Crippen molar-refractivity contribution in [2.45, 2.75) is 63.2 Å². The van der Waals surface area contributed by atoms with Gasteiger partial charge in [-0.15, -0.1) is 0 Å². The van der Waals surface area contributed by atoms with Gasteiger partial charge < -0.3 is 0 Å². The number of nitrogens with one attached hydrogen (secondary N) is 1. The van der Waals surface area contributed by atoms with E-state index >= 15 is 0 Å². The number of hydrogen-bond donors (Lipinski definition) is 1. The highest BCUT2D eigenvalue weighted by Gasteiger charge is 2.31. The molecule has 1 aliphatic carbocycles. The second-order valence-corrected chi connectivity index (χ2v) is 9.81. The Kier molecular flexibility index (Phi) is 7.44. The van der Waals surface area contributed by atoms with Crippen molar-refractivity contribution in [2.24, 2.45) is 0 Å². The molecule has 31 heavy (non-hydrogen) atoms. The Morgan fingerprint density at radius 1 is 0.968 bits per heavy atom. The molecule has 1 N–H and O–H groups in total. The van der Waals surface area contributed by atoms with Crippen LogP contribution in [0.5, 0.6) is 0 Å². The summed E-state index contributed by atoms with van der Waals surface area (Å²) in [7, 11) is -3.90. The summed E-state index contributed by atoms with van der Waals surface area (Å²) < 4.78 is 65.5. The molecular weight excluding hydrogens is 425 g/mol. The molecule has 0 saturated heterocycles. The van der Waals surface area contributed by atoms with Crippen molar-refractivity contribution < 1.29 is 21.6 Å². The average molecular weight is 455 g/mol. The Morgan fingerprint density at radius 3 is 2.16 bits per heavy atom. The number of fused-ring (bicyclic) bond motifs is 1. The highest BCUT2D eigenvalue weighted by Crippen LogP contribution is 2.30. The van der Waals surface area contributed by atoms with Gasteiger partial charge in [-0.3, -0.25) is 4.90 Å². The molecule has 1 atom stereocenters. The second kappa shape index (κ2) is 9.71. The van der Waals surface area contributed by atoms with Crippen LogP contribution in [-0.4, -0.2) is 32.4 Å². The Morgan fingerprint density at radius 2 is 1.58 bits per heavy atom. The van der Waals surface area contributed by atoms with Gasteiger partial charge >= 0.3 is 6.18 Å². The quantitative estimate of drug-likeness (QED) is 0.594. The van der Waals surface area contributed by atoms with Crippen molar-refractivity contribution in [1.29, 1.82) is 0 Å². The van der Waals surface area contributed by atoms with E-state index in [4.69, 9.17) is 0 Å². The first-order chi connectivity index (χ1) is 14.6. The SMILES string of the molecule is CCCN(CCC)[C@@H]1Cc2ccc(CNS(=O)(=O)c3ccc(C(F)(F)F)cc3)cc2C1. The first-order valence-electron chi connectivity index (χ1n) is 10.7. The monoisotopic (exact) mass is 454 g/mol. The van der Waals surface area contributed by atoms with Crippen LogP contribution >= 0.6 is 0 Å². The molecule has 1 aliphatic rings. The van der Waals surface area contributed by atoms with Gasteiger partial charge in [0.1, 0.15) is 0 Å². The van der Waals surface area contributed by atoms with Crippen molar-refractivity contribution in [3.05, 3.63) is 64.7 Å². The Bertz CT molecular complexity index is 983. The van der Waals surface area contributed by atoms with Crippen LogP contribution in [0.15, 0.2) is 47.4 Å². The van der Waals surface area contributed by atoms with Crippen molar-refractivity contribution in [2.75, 3.05) is 13.1 Å². The van der Waals surface area contributed by atoms with Crippen molar-refractivity contribution in [3.8, 4) is 0 Å². The molecule has 0 spiro atoms. The van der Waals surface area contributed by atoms with Gasteiger partial charge in [-0.1, -0.05) is 32.0 Å². The van der Waals surface area contributed by atoms with Gasteiger partial charge in [0.15, 0.2) is 0 Å². The summed E-state index contributed by atoms with van der Waals surface area (Å²) in [5.74, 6) is 0. The molecule has 8 heteroatoms. The smallest absolute Gasteiger partial charge is 0.300 e. The molecular formula is C23H29F3N2O2S. The van der Waals surface area contributed by atoms with Crippen LogP contribution in [-0.2, 0) is 35.6 Å². The Hall–Kier alpha value is -1.90. The van der Waals surface area contributed by atoms with Gasteiger partial charge in [-0.05, 0) is 79.7 Å². The number of halogens is 3. The van der Waals surface area contributed by atoms with Crippen LogP contribution in [0.2, 0.25) is 0 Å². The zero-order valence-corrected chi connectivity index (χ0v) is 18.7. The highest BCUT2D eigenvalue weighted by atomic mass is 32.2. The zero-order chi connectivity index (χ0) is 22.6. The lowest BCUT2D eigenvalue weighted by Gasteiger charge is -2.27. The van der Waals surface area contributed by atoms with Crippen molar-refractivity contribution >= 4 is 10.0 Å². The molecule has 0 bridgehead atoms. The summed E-state index contributed by atoms with van der Waals surface area (Å²) in [4.78, 5) is 2.35. The summed E-state index contributed by atoms with van der Waals surface area (Å²) in [6.45, 7) is 6.62. The maximum Gasteiger partial charge on any atom is 0.416 e. The van der Waals surface area contributed by atoms with E-state index in [1.807, 2.05) is 12.1 Å². The molecule has 4 nitrogen and oxygen atoms in total. The van der Waals surface area contributed by atoms with Crippen LogP contribution in [0.4, 0.5) is 13.2 Å². The van der Waals surface area contributed by atoms with Gasteiger partial charge in [0.2, 0.25) is 10.0 Å². The largest absolute Gasteiger partial charge is 0.416 e. The fraction of sp³-hybridized carbons (Fsp3) is 0.478. The highest BCUT2D eigenvalue weighted by molar-refractivity contribution is 7.89. The fourth-order valence-corrected chi connectivity index (χ4v) is 5.17. The molecule has 0 unspecified atom stereocenters. The Labute approximate surface area is 182 Å². The van der Waals surface area contributed by atoms with Crippen LogP contribution in [0.1, 0.15) is 48.9 Å². The first-order valence-corrected chi connectivity index (χ1v) is 12.1. The molecule has 0 amide bonds. The zero-order valence-electron chi connectivity index (χ0n) is 17.9. The van der Waals surface area contributed by atoms with E-state index < -0.39 is 21.8 Å². The maximum absolute atomic E-state index is 12.7. The van der Waals surface area contributed by atoms with Crippen LogP contribution < -0.4 is 4.72 Å². The van der Waals surface area contributed by atoms with Crippen LogP contribution in [0.3, 0.4) is 0 Å². The minimum atomic E-state index is -4.50. The number of hydrogen-bond acceptors (Lipinski definition) is 3. The number of alkyl halides is 3. The standard InChI is InChI=1S/C23H29F3N2O2S/c1-3-11-28(12-4-2)21-14-18-6-5-17(13-19(18)15-21)16-27-31(29,30)22-9-7-20(8-10-22)23(24,25)26/h5-10,13,21,27H,3-4,11-12,14-16H2,1-2H3/t21-/m1/s1. The first kappa shape index (κ1) is 23.8. The van der Waals surface area contributed by atoms with Crippen LogP contribution in [0.25, 0.3) is 0 Å². The third kappa shape index (κ3) is 5.87. The van der Waals surface area contributed by atoms with E-state index in [9.17, 15) is 21.6 Å². The van der Waals surface area contributed by atoms with E-state index in [2.05, 4.69) is 29.5 Å². The maximum atomic E-state index is 12.7. The van der Waals surface area contributed by atoms with Gasteiger partial charge in [-0.2, -0.15) is 13.2 Å². The molecule has 3 rings (SSSR count). The molecule has 2 aromatic carbocycles. The second-order valence-electron chi connectivity index (χ2n) is 8.05. The van der Waals surface area contributed by atoms with E-state index in [1.165, 1.54) is 11.1 Å². The Balaban J connectivity index is 1.65. The molecule has 2 aromatic rings. The van der Waals surface area contributed by atoms with Crippen molar-refractivity contribution in [1.82, 2.24) is 9.62 Å². The molecule has 0 radical (unpaired) electrons. The summed E-state index contributed by atoms with van der Waals surface area (Å²) in [6.07, 6.45) is -0.308. The topological polar surface area (TPSA) is 49.4 Å². The average Bonchev–Trinajstić information content (AvgIpc) is 3.15. The molecule has 170 valence electrons. The lowest BCUT2D eigenvalue weighted by Crippen LogP contribution is -2.37. The van der Waals surface area contributed by atoms with Gasteiger partial charge in [0.25, 0.3) is 0 Å². The fourth-order valence-electron chi connectivity index (χ4n) is 4.15. The number of nitrogens with zero attached hydrogens (tertiary/aromatic N) is 1. The summed E-state index contributed by atoms with van der Waals surface area (Å²) in [6, 6.07) is 10.0. The third-order valence-electron chi connectivity index (χ3n) is 5.68. The predicted octanol–water partition coefficient (Wildman–Crippen LogP) is 4.77.